The predicted molar refractivity (Wildman–Crippen MR) is 82.4 cm³/mol. The van der Waals surface area contributed by atoms with Crippen LogP contribution in [0.25, 0.3) is 0 Å². The largest absolute Gasteiger partial charge is 0.497 e. The predicted octanol–water partition coefficient (Wildman–Crippen LogP) is 3.74. The molecule has 0 aliphatic carbocycles. The second-order valence-corrected chi connectivity index (χ2v) is 5.32. The van der Waals surface area contributed by atoms with Crippen LogP contribution in [0.3, 0.4) is 0 Å². The molecule has 2 aromatic carbocycles. The number of ether oxygens (including phenoxy) is 2. The van der Waals surface area contributed by atoms with Crippen LogP contribution in [0.2, 0.25) is 0 Å². The molecule has 0 fully saturated rings. The summed E-state index contributed by atoms with van der Waals surface area (Å²) in [6.07, 6.45) is 0.00996. The van der Waals surface area contributed by atoms with E-state index in [1.54, 1.807) is 14.2 Å². The highest BCUT2D eigenvalue weighted by atomic mass is 79.9. The Kier molecular flexibility index (Phi) is 5.04. The lowest BCUT2D eigenvalue weighted by Crippen LogP contribution is -2.02. The molecular weight excluding hydrogens is 320 g/mol. The van der Waals surface area contributed by atoms with Gasteiger partial charge in [0.1, 0.15) is 11.5 Å². The average molecular weight is 337 g/mol. The smallest absolute Gasteiger partial charge is 0.133 e. The molecule has 2 rings (SSSR count). The Balaban J connectivity index is 2.10. The number of benzene rings is 2. The van der Waals surface area contributed by atoms with Crippen molar-refractivity contribution in [3.8, 4) is 11.5 Å². The molecule has 0 aliphatic rings. The first-order valence-corrected chi connectivity index (χ1v) is 7.07. The second kappa shape index (κ2) is 6.77. The summed E-state index contributed by atoms with van der Waals surface area (Å²) in [7, 11) is 3.26. The maximum atomic E-state index is 10.3. The van der Waals surface area contributed by atoms with Crippen LogP contribution in [-0.2, 0) is 6.42 Å². The van der Waals surface area contributed by atoms with Crippen molar-refractivity contribution in [2.75, 3.05) is 14.2 Å². The monoisotopic (exact) mass is 336 g/mol. The zero-order chi connectivity index (χ0) is 14.5. The van der Waals surface area contributed by atoms with E-state index in [0.717, 1.165) is 27.1 Å². The van der Waals surface area contributed by atoms with Gasteiger partial charge in [-0.1, -0.05) is 18.2 Å². The molecule has 0 heterocycles. The molecule has 1 atom stereocenters. The average Bonchev–Trinajstić information content (AvgIpc) is 2.47. The lowest BCUT2D eigenvalue weighted by molar-refractivity contribution is 0.178. The van der Waals surface area contributed by atoms with Gasteiger partial charge in [0, 0.05) is 6.42 Å². The topological polar surface area (TPSA) is 38.7 Å². The molecule has 0 amide bonds. The Morgan fingerprint density at radius 2 is 1.75 bits per heavy atom. The van der Waals surface area contributed by atoms with Gasteiger partial charge >= 0.3 is 0 Å². The van der Waals surface area contributed by atoms with Crippen molar-refractivity contribution in [3.63, 3.8) is 0 Å². The minimum absolute atomic E-state index is 0.541. The molecular formula is C16H17BrO3. The van der Waals surface area contributed by atoms with E-state index < -0.39 is 6.10 Å². The maximum Gasteiger partial charge on any atom is 0.133 e. The van der Waals surface area contributed by atoms with Gasteiger partial charge < -0.3 is 14.6 Å². The fourth-order valence-corrected chi connectivity index (χ4v) is 2.59. The highest BCUT2D eigenvalue weighted by molar-refractivity contribution is 9.10. The first kappa shape index (κ1) is 14.9. The van der Waals surface area contributed by atoms with E-state index in [4.69, 9.17) is 9.47 Å². The van der Waals surface area contributed by atoms with Gasteiger partial charge in [0.2, 0.25) is 0 Å². The Morgan fingerprint density at radius 1 is 1.05 bits per heavy atom. The van der Waals surface area contributed by atoms with E-state index in [9.17, 15) is 5.11 Å². The quantitative estimate of drug-likeness (QED) is 0.903. The SMILES string of the molecule is COc1ccc(C(O)Cc2ccc(OC)c(Br)c2)cc1. The first-order chi connectivity index (χ1) is 9.63. The van der Waals surface area contributed by atoms with Crippen LogP contribution >= 0.6 is 15.9 Å². The number of halogens is 1. The molecule has 0 saturated carbocycles. The van der Waals surface area contributed by atoms with Crippen LogP contribution in [0.4, 0.5) is 0 Å². The van der Waals surface area contributed by atoms with Crippen LogP contribution in [0, 0.1) is 0 Å². The van der Waals surface area contributed by atoms with Gasteiger partial charge in [-0.05, 0) is 51.3 Å². The second-order valence-electron chi connectivity index (χ2n) is 4.46. The van der Waals surface area contributed by atoms with Crippen LogP contribution < -0.4 is 9.47 Å². The molecule has 1 N–H and O–H groups in total. The third kappa shape index (κ3) is 3.52. The number of hydrogen-bond donors (Lipinski definition) is 1. The fourth-order valence-electron chi connectivity index (χ4n) is 2.00. The Bertz CT molecular complexity index is 566. The summed E-state index contributed by atoms with van der Waals surface area (Å²) in [5, 5.41) is 10.3. The minimum Gasteiger partial charge on any atom is -0.497 e. The molecule has 0 saturated heterocycles. The summed E-state index contributed by atoms with van der Waals surface area (Å²) in [5.74, 6) is 1.57. The molecule has 1 unspecified atom stereocenters. The van der Waals surface area contributed by atoms with Crippen molar-refractivity contribution in [3.05, 3.63) is 58.1 Å². The van der Waals surface area contributed by atoms with Gasteiger partial charge in [0.15, 0.2) is 0 Å². The zero-order valence-electron chi connectivity index (χ0n) is 11.5. The molecule has 2 aromatic rings. The van der Waals surface area contributed by atoms with Crippen molar-refractivity contribution >= 4 is 15.9 Å². The van der Waals surface area contributed by atoms with Crippen molar-refractivity contribution in [1.29, 1.82) is 0 Å². The number of aliphatic hydroxyl groups is 1. The lowest BCUT2D eigenvalue weighted by Gasteiger charge is -2.13. The Morgan fingerprint density at radius 3 is 2.30 bits per heavy atom. The van der Waals surface area contributed by atoms with Crippen LogP contribution in [-0.4, -0.2) is 19.3 Å². The van der Waals surface area contributed by atoms with Gasteiger partial charge in [0.05, 0.1) is 24.8 Å². The highest BCUT2D eigenvalue weighted by Gasteiger charge is 2.10. The molecule has 106 valence electrons. The number of hydrogen-bond acceptors (Lipinski definition) is 3. The normalized spacial score (nSPS) is 12.0. The van der Waals surface area contributed by atoms with Crippen molar-refractivity contribution in [2.24, 2.45) is 0 Å². The molecule has 20 heavy (non-hydrogen) atoms. The molecule has 0 aromatic heterocycles. The standard InChI is InChI=1S/C16H17BrO3/c1-19-13-6-4-12(5-7-13)15(18)10-11-3-8-16(20-2)14(17)9-11/h3-9,15,18H,10H2,1-2H3. The van der Waals surface area contributed by atoms with Gasteiger partial charge in [-0.2, -0.15) is 0 Å². The molecule has 0 bridgehead atoms. The minimum atomic E-state index is -0.541. The van der Waals surface area contributed by atoms with Crippen molar-refractivity contribution in [1.82, 2.24) is 0 Å². The summed E-state index contributed by atoms with van der Waals surface area (Å²) < 4.78 is 11.2. The Hall–Kier alpha value is -1.52. The van der Waals surface area contributed by atoms with Crippen LogP contribution in [0.15, 0.2) is 46.9 Å². The van der Waals surface area contributed by atoms with Crippen LogP contribution in [0.1, 0.15) is 17.2 Å². The summed E-state index contributed by atoms with van der Waals surface area (Å²) in [4.78, 5) is 0. The van der Waals surface area contributed by atoms with E-state index in [2.05, 4.69) is 15.9 Å². The third-order valence-electron chi connectivity index (χ3n) is 3.15. The van der Waals surface area contributed by atoms with Gasteiger partial charge in [0.25, 0.3) is 0 Å². The van der Waals surface area contributed by atoms with Gasteiger partial charge in [-0.3, -0.25) is 0 Å². The zero-order valence-corrected chi connectivity index (χ0v) is 13.1. The Labute approximate surface area is 127 Å². The molecule has 0 aliphatic heterocycles. The maximum absolute atomic E-state index is 10.3. The molecule has 0 radical (unpaired) electrons. The molecule has 4 heteroatoms. The van der Waals surface area contributed by atoms with E-state index in [0.29, 0.717) is 6.42 Å². The van der Waals surface area contributed by atoms with E-state index in [1.165, 1.54) is 0 Å². The highest BCUT2D eigenvalue weighted by Crippen LogP contribution is 2.28. The lowest BCUT2D eigenvalue weighted by atomic mass is 10.0. The summed E-state index contributed by atoms with van der Waals surface area (Å²) in [5.41, 5.74) is 1.92. The van der Waals surface area contributed by atoms with E-state index in [-0.39, 0.29) is 0 Å². The first-order valence-electron chi connectivity index (χ1n) is 6.28. The number of aliphatic hydroxyl groups excluding tert-OH is 1. The van der Waals surface area contributed by atoms with Gasteiger partial charge in [-0.15, -0.1) is 0 Å². The summed E-state index contributed by atoms with van der Waals surface area (Å²) in [6.45, 7) is 0. The van der Waals surface area contributed by atoms with E-state index in [1.807, 2.05) is 42.5 Å². The van der Waals surface area contributed by atoms with Crippen molar-refractivity contribution < 1.29 is 14.6 Å². The molecule has 3 nitrogen and oxygen atoms in total. The van der Waals surface area contributed by atoms with Crippen molar-refractivity contribution in [2.45, 2.75) is 12.5 Å². The molecule has 0 spiro atoms. The third-order valence-corrected chi connectivity index (χ3v) is 3.77. The summed E-state index contributed by atoms with van der Waals surface area (Å²) >= 11 is 3.45. The number of methoxy groups -OCH3 is 2. The summed E-state index contributed by atoms with van der Waals surface area (Å²) in [6, 6.07) is 13.3. The van der Waals surface area contributed by atoms with Crippen LogP contribution in [0.5, 0.6) is 11.5 Å². The number of rotatable bonds is 5. The fraction of sp³-hybridized carbons (Fsp3) is 0.250. The van der Waals surface area contributed by atoms with Gasteiger partial charge in [-0.25, -0.2) is 0 Å². The van der Waals surface area contributed by atoms with E-state index >= 15 is 0 Å².